The standard InChI is InChI=1S/C13H18O4/c1-2-8-5-9-7-11(10(9)6-8)17-13(16)4-3-12(14)15/h6,9-11H,2-5,7H2,1H3,(H,14,15)/t9-,10-,11+/m0/s1. The lowest BCUT2D eigenvalue weighted by Crippen LogP contribution is -2.41. The van der Waals surface area contributed by atoms with Crippen molar-refractivity contribution in [2.45, 2.75) is 45.1 Å². The summed E-state index contributed by atoms with van der Waals surface area (Å²) < 4.78 is 5.30. The number of esters is 1. The van der Waals surface area contributed by atoms with Crippen LogP contribution in [0.4, 0.5) is 0 Å². The normalized spacial score (nSPS) is 30.2. The van der Waals surface area contributed by atoms with Crippen molar-refractivity contribution in [1.29, 1.82) is 0 Å². The molecule has 94 valence electrons. The maximum absolute atomic E-state index is 11.4. The largest absolute Gasteiger partial charge is 0.481 e. The maximum Gasteiger partial charge on any atom is 0.306 e. The molecule has 0 aliphatic heterocycles. The van der Waals surface area contributed by atoms with Gasteiger partial charge in [-0.05, 0) is 25.2 Å². The van der Waals surface area contributed by atoms with E-state index in [2.05, 4.69) is 13.0 Å². The highest BCUT2D eigenvalue weighted by Crippen LogP contribution is 2.47. The van der Waals surface area contributed by atoms with Crippen LogP contribution in [0.1, 0.15) is 39.0 Å². The Morgan fingerprint density at radius 2 is 2.24 bits per heavy atom. The molecule has 0 aromatic carbocycles. The van der Waals surface area contributed by atoms with Crippen LogP contribution in [-0.2, 0) is 14.3 Å². The van der Waals surface area contributed by atoms with Crippen molar-refractivity contribution in [3.05, 3.63) is 11.6 Å². The number of ether oxygens (including phenoxy) is 1. The molecule has 0 saturated heterocycles. The third-order valence-corrected chi connectivity index (χ3v) is 3.74. The van der Waals surface area contributed by atoms with Crippen LogP contribution in [0.5, 0.6) is 0 Å². The molecular weight excluding hydrogens is 220 g/mol. The van der Waals surface area contributed by atoms with Crippen molar-refractivity contribution < 1.29 is 19.4 Å². The lowest BCUT2D eigenvalue weighted by Gasteiger charge is -2.39. The average Bonchev–Trinajstić information content (AvgIpc) is 2.60. The number of hydrogen-bond acceptors (Lipinski definition) is 3. The van der Waals surface area contributed by atoms with Crippen LogP contribution < -0.4 is 0 Å². The molecule has 17 heavy (non-hydrogen) atoms. The zero-order chi connectivity index (χ0) is 12.4. The average molecular weight is 238 g/mol. The fourth-order valence-corrected chi connectivity index (χ4v) is 2.69. The number of fused-ring (bicyclic) bond motifs is 1. The Morgan fingerprint density at radius 1 is 1.47 bits per heavy atom. The number of carbonyl (C=O) groups excluding carboxylic acids is 1. The zero-order valence-electron chi connectivity index (χ0n) is 10.0. The minimum Gasteiger partial charge on any atom is -0.481 e. The van der Waals surface area contributed by atoms with Gasteiger partial charge in [0.2, 0.25) is 0 Å². The van der Waals surface area contributed by atoms with Crippen molar-refractivity contribution in [3.8, 4) is 0 Å². The van der Waals surface area contributed by atoms with Gasteiger partial charge in [0.15, 0.2) is 0 Å². The quantitative estimate of drug-likeness (QED) is 0.588. The predicted octanol–water partition coefficient (Wildman–Crippen LogP) is 2.14. The number of rotatable bonds is 5. The molecule has 3 atom stereocenters. The monoisotopic (exact) mass is 238 g/mol. The third-order valence-electron chi connectivity index (χ3n) is 3.74. The van der Waals surface area contributed by atoms with E-state index in [0.29, 0.717) is 11.8 Å². The van der Waals surface area contributed by atoms with Crippen molar-refractivity contribution in [3.63, 3.8) is 0 Å². The molecule has 1 saturated carbocycles. The second kappa shape index (κ2) is 4.90. The number of carboxylic acids is 1. The number of aliphatic carboxylic acids is 1. The van der Waals surface area contributed by atoms with Crippen LogP contribution in [0.2, 0.25) is 0 Å². The fourth-order valence-electron chi connectivity index (χ4n) is 2.69. The molecule has 2 aliphatic rings. The minimum atomic E-state index is -0.956. The van der Waals surface area contributed by atoms with Crippen molar-refractivity contribution in [2.75, 3.05) is 0 Å². The van der Waals surface area contributed by atoms with Crippen molar-refractivity contribution in [2.24, 2.45) is 11.8 Å². The molecule has 0 unspecified atom stereocenters. The maximum atomic E-state index is 11.4. The van der Waals surface area contributed by atoms with E-state index in [-0.39, 0.29) is 24.9 Å². The van der Waals surface area contributed by atoms with Crippen LogP contribution in [0.15, 0.2) is 11.6 Å². The van der Waals surface area contributed by atoms with Gasteiger partial charge < -0.3 is 9.84 Å². The Kier molecular flexibility index (Phi) is 3.50. The Hall–Kier alpha value is -1.32. The smallest absolute Gasteiger partial charge is 0.306 e. The summed E-state index contributed by atoms with van der Waals surface area (Å²) in [5.41, 5.74) is 1.46. The topological polar surface area (TPSA) is 63.6 Å². The van der Waals surface area contributed by atoms with E-state index < -0.39 is 5.97 Å². The van der Waals surface area contributed by atoms with E-state index >= 15 is 0 Å². The molecule has 4 heteroatoms. The summed E-state index contributed by atoms with van der Waals surface area (Å²) in [6.45, 7) is 2.14. The molecule has 2 aliphatic carbocycles. The van der Waals surface area contributed by atoms with Gasteiger partial charge in [-0.25, -0.2) is 0 Å². The van der Waals surface area contributed by atoms with Gasteiger partial charge >= 0.3 is 11.9 Å². The molecule has 4 nitrogen and oxygen atoms in total. The highest BCUT2D eigenvalue weighted by molar-refractivity contribution is 5.76. The molecular formula is C13H18O4. The highest BCUT2D eigenvalue weighted by Gasteiger charge is 2.45. The molecule has 2 rings (SSSR count). The van der Waals surface area contributed by atoms with Gasteiger partial charge in [-0.1, -0.05) is 18.6 Å². The van der Waals surface area contributed by atoms with Gasteiger partial charge in [-0.3, -0.25) is 9.59 Å². The van der Waals surface area contributed by atoms with Crippen LogP contribution in [0, 0.1) is 11.8 Å². The Bertz CT molecular complexity index is 358. The first-order valence-corrected chi connectivity index (χ1v) is 6.21. The summed E-state index contributed by atoms with van der Waals surface area (Å²) in [4.78, 5) is 21.7. The van der Waals surface area contributed by atoms with E-state index in [1.165, 1.54) is 5.57 Å². The van der Waals surface area contributed by atoms with Gasteiger partial charge in [-0.2, -0.15) is 0 Å². The summed E-state index contributed by atoms with van der Waals surface area (Å²) in [6, 6.07) is 0. The van der Waals surface area contributed by atoms with E-state index in [0.717, 1.165) is 19.3 Å². The summed E-state index contributed by atoms with van der Waals surface area (Å²) in [5, 5.41) is 8.47. The van der Waals surface area contributed by atoms with Crippen LogP contribution in [-0.4, -0.2) is 23.1 Å². The van der Waals surface area contributed by atoms with Crippen LogP contribution in [0.25, 0.3) is 0 Å². The van der Waals surface area contributed by atoms with Gasteiger partial charge in [0.05, 0.1) is 12.8 Å². The summed E-state index contributed by atoms with van der Waals surface area (Å²) in [5.74, 6) is -0.294. The minimum absolute atomic E-state index is 0.00894. The number of hydrogen-bond donors (Lipinski definition) is 1. The summed E-state index contributed by atoms with van der Waals surface area (Å²) >= 11 is 0. The second-order valence-corrected chi connectivity index (χ2v) is 4.88. The van der Waals surface area contributed by atoms with Crippen molar-refractivity contribution >= 4 is 11.9 Å². The molecule has 0 heterocycles. The van der Waals surface area contributed by atoms with Gasteiger partial charge in [0.25, 0.3) is 0 Å². The molecule has 0 bridgehead atoms. The fraction of sp³-hybridized carbons (Fsp3) is 0.692. The lowest BCUT2D eigenvalue weighted by molar-refractivity contribution is -0.161. The molecule has 0 aromatic heterocycles. The molecule has 0 amide bonds. The first kappa shape index (κ1) is 12.1. The van der Waals surface area contributed by atoms with Crippen LogP contribution >= 0.6 is 0 Å². The van der Waals surface area contributed by atoms with Crippen LogP contribution in [0.3, 0.4) is 0 Å². The lowest BCUT2D eigenvalue weighted by atomic mass is 9.73. The number of allylic oxidation sites excluding steroid dienone is 1. The number of carbonyl (C=O) groups is 2. The first-order chi connectivity index (χ1) is 8.10. The molecule has 0 aromatic rings. The Morgan fingerprint density at radius 3 is 2.88 bits per heavy atom. The third kappa shape index (κ3) is 2.68. The summed E-state index contributed by atoms with van der Waals surface area (Å²) in [7, 11) is 0. The molecule has 1 fully saturated rings. The zero-order valence-corrected chi connectivity index (χ0v) is 10.0. The van der Waals surface area contributed by atoms with E-state index in [9.17, 15) is 9.59 Å². The predicted molar refractivity (Wildman–Crippen MR) is 61.3 cm³/mol. The SMILES string of the molecule is CCC1=C[C@H]2[C@@H](C1)C[C@H]2OC(=O)CCC(=O)O. The van der Waals surface area contributed by atoms with Crippen molar-refractivity contribution in [1.82, 2.24) is 0 Å². The van der Waals surface area contributed by atoms with E-state index in [1.807, 2.05) is 0 Å². The molecule has 0 radical (unpaired) electrons. The Labute approximate surface area is 101 Å². The van der Waals surface area contributed by atoms with Gasteiger partial charge in [-0.15, -0.1) is 0 Å². The number of carboxylic acid groups (broad SMARTS) is 1. The Balaban J connectivity index is 1.76. The highest BCUT2D eigenvalue weighted by atomic mass is 16.5. The van der Waals surface area contributed by atoms with Gasteiger partial charge in [0, 0.05) is 5.92 Å². The van der Waals surface area contributed by atoms with E-state index in [1.54, 1.807) is 0 Å². The van der Waals surface area contributed by atoms with E-state index in [4.69, 9.17) is 9.84 Å². The second-order valence-electron chi connectivity index (χ2n) is 4.88. The molecule has 0 spiro atoms. The van der Waals surface area contributed by atoms with Gasteiger partial charge in [0.1, 0.15) is 6.10 Å². The summed E-state index contributed by atoms with van der Waals surface area (Å²) in [6.07, 6.45) is 5.22. The molecule has 1 N–H and O–H groups in total. The first-order valence-electron chi connectivity index (χ1n) is 6.21.